The molecule has 0 heterocycles. The van der Waals surface area contributed by atoms with Crippen LogP contribution in [-0.4, -0.2) is 5.78 Å². The summed E-state index contributed by atoms with van der Waals surface area (Å²) < 4.78 is 0. The van der Waals surface area contributed by atoms with Gasteiger partial charge in [-0.15, -0.1) is 0 Å². The number of Topliss-reactive ketones (excluding diaryl/α,β-unsaturated/α-hetero) is 1. The molecule has 3 unspecified atom stereocenters. The summed E-state index contributed by atoms with van der Waals surface area (Å²) in [6.45, 7) is 11.2. The van der Waals surface area contributed by atoms with E-state index < -0.39 is 0 Å². The number of rotatable bonds is 1. The molecule has 0 amide bonds. The Balaban J connectivity index is 2.02. The summed E-state index contributed by atoms with van der Waals surface area (Å²) in [5.74, 6) is 0.471. The first kappa shape index (κ1) is 16.6. The number of carbonyl (C=O) groups is 1. The highest BCUT2D eigenvalue weighted by Gasteiger charge is 2.65. The predicted octanol–water partition coefficient (Wildman–Crippen LogP) is 5.93. The van der Waals surface area contributed by atoms with E-state index in [0.717, 1.165) is 24.8 Å². The SMILES string of the molecule is CC1=C(C)CC2(C)C(=C1)C(=O)C1CC(C)=C(C)CC12c1ccccc1. The second-order valence-electron chi connectivity index (χ2n) is 8.73. The Bertz CT molecular complexity index is 851. The number of fused-ring (bicyclic) bond motifs is 3. The van der Waals surface area contributed by atoms with Crippen molar-refractivity contribution in [2.24, 2.45) is 11.3 Å². The van der Waals surface area contributed by atoms with E-state index in [1.54, 1.807) is 0 Å². The second kappa shape index (κ2) is 5.30. The van der Waals surface area contributed by atoms with Crippen molar-refractivity contribution in [3.8, 4) is 0 Å². The Labute approximate surface area is 151 Å². The zero-order valence-corrected chi connectivity index (χ0v) is 16.1. The fourth-order valence-electron chi connectivity index (χ4n) is 5.79. The van der Waals surface area contributed by atoms with Crippen molar-refractivity contribution < 1.29 is 4.79 Å². The van der Waals surface area contributed by atoms with Gasteiger partial charge in [-0.1, -0.05) is 65.6 Å². The minimum Gasteiger partial charge on any atom is -0.294 e. The van der Waals surface area contributed by atoms with Crippen LogP contribution in [0.4, 0.5) is 0 Å². The molecule has 0 aromatic heterocycles. The molecule has 25 heavy (non-hydrogen) atoms. The smallest absolute Gasteiger partial charge is 0.163 e. The van der Waals surface area contributed by atoms with Gasteiger partial charge in [0.2, 0.25) is 0 Å². The lowest BCUT2D eigenvalue weighted by Gasteiger charge is -2.51. The molecule has 3 atom stereocenters. The Morgan fingerprint density at radius 1 is 0.920 bits per heavy atom. The summed E-state index contributed by atoms with van der Waals surface area (Å²) in [5.41, 5.74) is 7.80. The first-order valence-electron chi connectivity index (χ1n) is 9.45. The van der Waals surface area contributed by atoms with E-state index in [1.165, 1.54) is 27.9 Å². The van der Waals surface area contributed by atoms with Gasteiger partial charge >= 0.3 is 0 Å². The number of allylic oxidation sites excluding steroid dienone is 6. The molecule has 1 nitrogen and oxygen atoms in total. The van der Waals surface area contributed by atoms with Gasteiger partial charge in [0.25, 0.3) is 0 Å². The van der Waals surface area contributed by atoms with Gasteiger partial charge < -0.3 is 0 Å². The number of carbonyl (C=O) groups excluding carboxylic acids is 1. The topological polar surface area (TPSA) is 17.1 Å². The van der Waals surface area contributed by atoms with Crippen LogP contribution in [0.1, 0.15) is 59.4 Å². The van der Waals surface area contributed by atoms with Gasteiger partial charge in [0, 0.05) is 22.3 Å². The Morgan fingerprint density at radius 2 is 1.60 bits per heavy atom. The lowest BCUT2D eigenvalue weighted by molar-refractivity contribution is -0.119. The largest absolute Gasteiger partial charge is 0.294 e. The standard InChI is InChI=1S/C24H28O/c1-15-11-20-22(25)21-12-16(2)18(4)14-24(21,19-9-7-6-8-10-19)23(20,5)13-17(15)3/h6-11,21H,12-14H2,1-5H3. The van der Waals surface area contributed by atoms with Crippen LogP contribution in [0.15, 0.2) is 64.3 Å². The van der Waals surface area contributed by atoms with Gasteiger partial charge in [0.15, 0.2) is 5.78 Å². The molecule has 3 aliphatic carbocycles. The molecule has 4 rings (SSSR count). The second-order valence-corrected chi connectivity index (χ2v) is 8.73. The minimum atomic E-state index is -0.109. The van der Waals surface area contributed by atoms with Crippen LogP contribution >= 0.6 is 0 Å². The molecule has 1 aromatic carbocycles. The summed E-state index contributed by atoms with van der Waals surface area (Å²) in [6, 6.07) is 10.9. The Hall–Kier alpha value is -1.89. The molecule has 0 bridgehead atoms. The zero-order chi connectivity index (χ0) is 18.0. The van der Waals surface area contributed by atoms with Gasteiger partial charge in [-0.25, -0.2) is 0 Å². The third-order valence-electron chi connectivity index (χ3n) is 7.48. The van der Waals surface area contributed by atoms with Crippen molar-refractivity contribution in [3.05, 3.63) is 69.8 Å². The number of ketones is 1. The fraction of sp³-hybridized carbons (Fsp3) is 0.458. The summed E-state index contributed by atoms with van der Waals surface area (Å²) in [7, 11) is 0. The third-order valence-corrected chi connectivity index (χ3v) is 7.48. The van der Waals surface area contributed by atoms with Crippen LogP contribution in [0.25, 0.3) is 0 Å². The van der Waals surface area contributed by atoms with Crippen molar-refractivity contribution in [3.63, 3.8) is 0 Å². The maximum absolute atomic E-state index is 13.5. The molecule has 1 heteroatoms. The maximum Gasteiger partial charge on any atom is 0.163 e. The molecule has 3 aliphatic rings. The minimum absolute atomic E-state index is 0.0774. The zero-order valence-electron chi connectivity index (χ0n) is 16.1. The van der Waals surface area contributed by atoms with E-state index in [4.69, 9.17) is 0 Å². The van der Waals surface area contributed by atoms with E-state index in [1.807, 2.05) is 0 Å². The van der Waals surface area contributed by atoms with Gasteiger partial charge in [-0.3, -0.25) is 4.79 Å². The van der Waals surface area contributed by atoms with E-state index >= 15 is 0 Å². The molecule has 0 spiro atoms. The number of hydrogen-bond acceptors (Lipinski definition) is 1. The van der Waals surface area contributed by atoms with Crippen LogP contribution in [0.3, 0.4) is 0 Å². The van der Waals surface area contributed by atoms with Crippen LogP contribution in [0.2, 0.25) is 0 Å². The van der Waals surface area contributed by atoms with E-state index in [0.29, 0.717) is 5.78 Å². The summed E-state index contributed by atoms with van der Waals surface area (Å²) in [6.07, 6.45) is 5.10. The molecular formula is C24H28O. The van der Waals surface area contributed by atoms with E-state index in [2.05, 4.69) is 71.0 Å². The molecular weight excluding hydrogens is 304 g/mol. The van der Waals surface area contributed by atoms with Crippen LogP contribution in [0, 0.1) is 11.3 Å². The van der Waals surface area contributed by atoms with E-state index in [-0.39, 0.29) is 16.7 Å². The lowest BCUT2D eigenvalue weighted by Crippen LogP contribution is -2.47. The average Bonchev–Trinajstić information content (AvgIpc) is 2.76. The van der Waals surface area contributed by atoms with Crippen molar-refractivity contribution in [2.75, 3.05) is 0 Å². The normalized spacial score (nSPS) is 34.8. The molecule has 1 saturated carbocycles. The molecule has 130 valence electrons. The third kappa shape index (κ3) is 1.99. The molecule has 1 fully saturated rings. The molecule has 1 aromatic rings. The maximum atomic E-state index is 13.5. The van der Waals surface area contributed by atoms with Gasteiger partial charge in [0.1, 0.15) is 0 Å². The molecule has 0 N–H and O–H groups in total. The van der Waals surface area contributed by atoms with Crippen molar-refractivity contribution in [1.29, 1.82) is 0 Å². The Morgan fingerprint density at radius 3 is 2.28 bits per heavy atom. The molecule has 0 aliphatic heterocycles. The highest BCUT2D eigenvalue weighted by molar-refractivity contribution is 6.04. The van der Waals surface area contributed by atoms with E-state index in [9.17, 15) is 4.79 Å². The average molecular weight is 332 g/mol. The van der Waals surface area contributed by atoms with Gasteiger partial charge in [0.05, 0.1) is 0 Å². The van der Waals surface area contributed by atoms with Crippen molar-refractivity contribution in [1.82, 2.24) is 0 Å². The summed E-state index contributed by atoms with van der Waals surface area (Å²) >= 11 is 0. The van der Waals surface area contributed by atoms with Gasteiger partial charge in [-0.2, -0.15) is 0 Å². The monoisotopic (exact) mass is 332 g/mol. The highest BCUT2D eigenvalue weighted by atomic mass is 16.1. The summed E-state index contributed by atoms with van der Waals surface area (Å²) in [4.78, 5) is 13.5. The van der Waals surface area contributed by atoms with Crippen LogP contribution < -0.4 is 0 Å². The first-order chi connectivity index (χ1) is 11.8. The van der Waals surface area contributed by atoms with Crippen LogP contribution in [-0.2, 0) is 10.2 Å². The highest BCUT2D eigenvalue weighted by Crippen LogP contribution is 2.67. The van der Waals surface area contributed by atoms with Gasteiger partial charge in [-0.05, 0) is 52.5 Å². The number of benzene rings is 1. The number of hydrogen-bond donors (Lipinski definition) is 0. The molecule has 0 saturated heterocycles. The van der Waals surface area contributed by atoms with Crippen molar-refractivity contribution in [2.45, 2.75) is 59.3 Å². The first-order valence-corrected chi connectivity index (χ1v) is 9.45. The Kier molecular flexibility index (Phi) is 3.51. The summed E-state index contributed by atoms with van der Waals surface area (Å²) in [5, 5.41) is 0. The van der Waals surface area contributed by atoms with Crippen LogP contribution in [0.5, 0.6) is 0 Å². The predicted molar refractivity (Wildman–Crippen MR) is 103 cm³/mol. The van der Waals surface area contributed by atoms with Crippen molar-refractivity contribution >= 4 is 5.78 Å². The fourth-order valence-corrected chi connectivity index (χ4v) is 5.79. The quantitative estimate of drug-likeness (QED) is 0.583. The molecule has 0 radical (unpaired) electrons. The lowest BCUT2D eigenvalue weighted by atomic mass is 9.51.